The third-order valence-electron chi connectivity index (χ3n) is 3.29. The fraction of sp³-hybridized carbons (Fsp3) is 0.294. The maximum Gasteiger partial charge on any atom is 0.251 e. The molecule has 0 aliphatic rings. The van der Waals surface area contributed by atoms with E-state index in [9.17, 15) is 9.59 Å². The number of carbonyl (C=O) groups excluding carboxylic acids is 2. The van der Waals surface area contributed by atoms with Crippen molar-refractivity contribution in [2.45, 2.75) is 13.3 Å². The van der Waals surface area contributed by atoms with Crippen LogP contribution < -0.4 is 15.4 Å². The lowest BCUT2D eigenvalue weighted by Gasteiger charge is -2.07. The molecule has 116 valence electrons. The summed E-state index contributed by atoms with van der Waals surface area (Å²) >= 11 is 0. The predicted molar refractivity (Wildman–Crippen MR) is 86.1 cm³/mol. The normalized spacial score (nSPS) is 10.3. The molecule has 0 fully saturated rings. The highest BCUT2D eigenvalue weighted by atomic mass is 16.5. The van der Waals surface area contributed by atoms with Crippen LogP contribution in [-0.4, -0.2) is 32.0 Å². The van der Waals surface area contributed by atoms with Crippen molar-refractivity contribution in [3.05, 3.63) is 42.0 Å². The molecule has 0 atom stereocenters. The zero-order valence-corrected chi connectivity index (χ0v) is 12.8. The first-order valence-corrected chi connectivity index (χ1v) is 7.26. The first kappa shape index (κ1) is 15.8. The Balaban J connectivity index is 2.04. The molecule has 2 rings (SSSR count). The van der Waals surface area contributed by atoms with Gasteiger partial charge >= 0.3 is 0 Å². The van der Waals surface area contributed by atoms with E-state index >= 15 is 0 Å². The Kier molecular flexibility index (Phi) is 5.36. The Morgan fingerprint density at radius 1 is 1.05 bits per heavy atom. The zero-order valence-electron chi connectivity index (χ0n) is 12.8. The van der Waals surface area contributed by atoms with Crippen molar-refractivity contribution in [3.63, 3.8) is 0 Å². The lowest BCUT2D eigenvalue weighted by molar-refractivity contribution is -0.120. The molecule has 0 aromatic heterocycles. The average molecular weight is 300 g/mol. The van der Waals surface area contributed by atoms with Crippen LogP contribution in [-0.2, 0) is 4.79 Å². The molecular weight excluding hydrogens is 280 g/mol. The third kappa shape index (κ3) is 3.97. The smallest absolute Gasteiger partial charge is 0.251 e. The molecule has 2 aromatic carbocycles. The lowest BCUT2D eigenvalue weighted by atomic mass is 10.1. The summed E-state index contributed by atoms with van der Waals surface area (Å²) in [5.74, 6) is 0.336. The van der Waals surface area contributed by atoms with Gasteiger partial charge < -0.3 is 15.4 Å². The number of hydrogen-bond donors (Lipinski definition) is 2. The number of benzene rings is 2. The van der Waals surface area contributed by atoms with Crippen molar-refractivity contribution < 1.29 is 14.3 Å². The van der Waals surface area contributed by atoms with Gasteiger partial charge in [-0.1, -0.05) is 19.1 Å². The van der Waals surface area contributed by atoms with Gasteiger partial charge in [-0.3, -0.25) is 9.59 Å². The second-order valence-electron chi connectivity index (χ2n) is 4.96. The fourth-order valence-corrected chi connectivity index (χ4v) is 2.08. The molecule has 0 spiro atoms. The fourth-order valence-electron chi connectivity index (χ4n) is 2.08. The number of rotatable bonds is 6. The van der Waals surface area contributed by atoms with E-state index in [0.29, 0.717) is 12.1 Å². The minimum absolute atomic E-state index is 0.0144. The maximum atomic E-state index is 12.1. The van der Waals surface area contributed by atoms with Crippen LogP contribution in [0.15, 0.2) is 36.4 Å². The summed E-state index contributed by atoms with van der Waals surface area (Å²) in [6.07, 6.45) is 0.869. The third-order valence-corrected chi connectivity index (χ3v) is 3.29. The van der Waals surface area contributed by atoms with Crippen LogP contribution in [0.4, 0.5) is 0 Å². The number of amides is 2. The summed E-state index contributed by atoms with van der Waals surface area (Å²) in [6, 6.07) is 11.1. The molecule has 2 aromatic rings. The van der Waals surface area contributed by atoms with Crippen molar-refractivity contribution in [2.24, 2.45) is 0 Å². The number of fused-ring (bicyclic) bond motifs is 1. The van der Waals surface area contributed by atoms with Crippen molar-refractivity contribution in [1.29, 1.82) is 0 Å². The van der Waals surface area contributed by atoms with Gasteiger partial charge in [-0.05, 0) is 41.5 Å². The van der Waals surface area contributed by atoms with Crippen LogP contribution in [0.2, 0.25) is 0 Å². The summed E-state index contributed by atoms with van der Waals surface area (Å²) < 4.78 is 5.17. The van der Waals surface area contributed by atoms with E-state index in [0.717, 1.165) is 22.9 Å². The summed E-state index contributed by atoms with van der Waals surface area (Å²) in [6.45, 7) is 2.58. The molecule has 2 N–H and O–H groups in total. The van der Waals surface area contributed by atoms with Gasteiger partial charge in [0.05, 0.1) is 13.7 Å². The average Bonchev–Trinajstić information content (AvgIpc) is 2.56. The molecule has 0 saturated carbocycles. The maximum absolute atomic E-state index is 12.1. The number of nitrogens with one attached hydrogen (secondary N) is 2. The number of carbonyl (C=O) groups is 2. The Hall–Kier alpha value is -2.56. The summed E-state index contributed by atoms with van der Waals surface area (Å²) in [7, 11) is 1.62. The zero-order chi connectivity index (χ0) is 15.9. The molecule has 0 bridgehead atoms. The molecule has 0 heterocycles. The van der Waals surface area contributed by atoms with E-state index in [-0.39, 0.29) is 18.4 Å². The highest BCUT2D eigenvalue weighted by Crippen LogP contribution is 2.21. The quantitative estimate of drug-likeness (QED) is 0.858. The van der Waals surface area contributed by atoms with Gasteiger partial charge in [0.25, 0.3) is 5.91 Å². The Morgan fingerprint density at radius 2 is 1.77 bits per heavy atom. The van der Waals surface area contributed by atoms with Gasteiger partial charge in [0.1, 0.15) is 5.75 Å². The van der Waals surface area contributed by atoms with Gasteiger partial charge in [-0.15, -0.1) is 0 Å². The summed E-state index contributed by atoms with van der Waals surface area (Å²) in [5, 5.41) is 7.28. The van der Waals surface area contributed by atoms with Gasteiger partial charge in [-0.2, -0.15) is 0 Å². The second kappa shape index (κ2) is 7.45. The number of hydrogen-bond acceptors (Lipinski definition) is 3. The highest BCUT2D eigenvalue weighted by molar-refractivity contribution is 6.00. The van der Waals surface area contributed by atoms with Gasteiger partial charge in [0.15, 0.2) is 0 Å². The van der Waals surface area contributed by atoms with E-state index in [1.165, 1.54) is 0 Å². The van der Waals surface area contributed by atoms with Crippen molar-refractivity contribution in [2.75, 3.05) is 20.2 Å². The van der Waals surface area contributed by atoms with E-state index in [2.05, 4.69) is 10.6 Å². The molecule has 0 aliphatic heterocycles. The first-order chi connectivity index (χ1) is 10.6. The minimum Gasteiger partial charge on any atom is -0.497 e. The van der Waals surface area contributed by atoms with Crippen LogP contribution >= 0.6 is 0 Å². The SMILES string of the molecule is CCCNC(=O)CNC(=O)c1ccc2cc(OC)ccc2c1. The topological polar surface area (TPSA) is 67.4 Å². The minimum atomic E-state index is -0.260. The number of ether oxygens (including phenoxy) is 1. The van der Waals surface area contributed by atoms with E-state index in [1.54, 1.807) is 19.2 Å². The van der Waals surface area contributed by atoms with Gasteiger partial charge in [0, 0.05) is 12.1 Å². The standard InChI is InChI=1S/C17H20N2O3/c1-3-8-18-16(20)11-19-17(21)14-5-4-13-10-15(22-2)7-6-12(13)9-14/h4-7,9-10H,3,8,11H2,1-2H3,(H,18,20)(H,19,21). The Bertz CT molecular complexity index is 683. The largest absolute Gasteiger partial charge is 0.497 e. The predicted octanol–water partition coefficient (Wildman–Crippen LogP) is 2.10. The molecule has 22 heavy (non-hydrogen) atoms. The molecule has 5 heteroatoms. The molecular formula is C17H20N2O3. The summed E-state index contributed by atoms with van der Waals surface area (Å²) in [4.78, 5) is 23.6. The van der Waals surface area contributed by atoms with E-state index in [1.807, 2.05) is 31.2 Å². The van der Waals surface area contributed by atoms with E-state index < -0.39 is 0 Å². The summed E-state index contributed by atoms with van der Waals surface area (Å²) in [5.41, 5.74) is 0.529. The van der Waals surface area contributed by atoms with Gasteiger partial charge in [0.2, 0.25) is 5.91 Å². The van der Waals surface area contributed by atoms with Crippen molar-refractivity contribution >= 4 is 22.6 Å². The van der Waals surface area contributed by atoms with Crippen LogP contribution in [0.1, 0.15) is 23.7 Å². The Morgan fingerprint density at radius 3 is 2.50 bits per heavy atom. The molecule has 0 saturated heterocycles. The van der Waals surface area contributed by atoms with Crippen LogP contribution in [0.25, 0.3) is 10.8 Å². The van der Waals surface area contributed by atoms with Gasteiger partial charge in [-0.25, -0.2) is 0 Å². The van der Waals surface area contributed by atoms with Crippen LogP contribution in [0.3, 0.4) is 0 Å². The molecule has 0 radical (unpaired) electrons. The number of methoxy groups -OCH3 is 1. The Labute approximate surface area is 129 Å². The second-order valence-corrected chi connectivity index (χ2v) is 4.96. The molecule has 5 nitrogen and oxygen atoms in total. The van der Waals surface area contributed by atoms with Crippen LogP contribution in [0.5, 0.6) is 5.75 Å². The molecule has 2 amide bonds. The molecule has 0 aliphatic carbocycles. The van der Waals surface area contributed by atoms with Crippen molar-refractivity contribution in [1.82, 2.24) is 10.6 Å². The highest BCUT2D eigenvalue weighted by Gasteiger charge is 2.08. The molecule has 0 unspecified atom stereocenters. The monoisotopic (exact) mass is 300 g/mol. The van der Waals surface area contributed by atoms with Crippen LogP contribution in [0, 0.1) is 0 Å². The lowest BCUT2D eigenvalue weighted by Crippen LogP contribution is -2.37. The van der Waals surface area contributed by atoms with E-state index in [4.69, 9.17) is 4.74 Å². The van der Waals surface area contributed by atoms with Crippen molar-refractivity contribution in [3.8, 4) is 5.75 Å². The first-order valence-electron chi connectivity index (χ1n) is 7.26.